The van der Waals surface area contributed by atoms with Crippen LogP contribution >= 0.6 is 11.6 Å². The first kappa shape index (κ1) is 15.8. The van der Waals surface area contributed by atoms with E-state index in [-0.39, 0.29) is 15.9 Å². The van der Waals surface area contributed by atoms with Gasteiger partial charge in [0, 0.05) is 6.42 Å². The van der Waals surface area contributed by atoms with Crippen LogP contribution < -0.4 is 0 Å². The van der Waals surface area contributed by atoms with Crippen molar-refractivity contribution >= 4 is 11.6 Å². The van der Waals surface area contributed by atoms with Gasteiger partial charge in [0.2, 0.25) is 0 Å². The molecule has 0 amide bonds. The summed E-state index contributed by atoms with van der Waals surface area (Å²) in [5.41, 5.74) is 0.233. The number of rotatable bonds is 2. The van der Waals surface area contributed by atoms with E-state index in [1.54, 1.807) is 12.1 Å². The third-order valence-corrected chi connectivity index (χ3v) is 4.40. The van der Waals surface area contributed by atoms with Crippen molar-refractivity contribution in [3.8, 4) is 0 Å². The molecule has 0 aliphatic heterocycles. The molecule has 1 saturated carbocycles. The van der Waals surface area contributed by atoms with Crippen LogP contribution in [0.4, 0.5) is 4.39 Å². The lowest BCUT2D eigenvalue weighted by molar-refractivity contribution is -0.0851. The lowest BCUT2D eigenvalue weighted by Crippen LogP contribution is -2.47. The molecule has 0 aromatic heterocycles. The maximum Gasteiger partial charge on any atom is 0.142 e. The summed E-state index contributed by atoms with van der Waals surface area (Å²) in [6, 6.07) is 4.81. The van der Waals surface area contributed by atoms with Crippen molar-refractivity contribution in [2.75, 3.05) is 0 Å². The van der Waals surface area contributed by atoms with Gasteiger partial charge in [-0.2, -0.15) is 0 Å². The zero-order valence-electron chi connectivity index (χ0n) is 12.8. The van der Waals surface area contributed by atoms with Gasteiger partial charge in [0.15, 0.2) is 0 Å². The molecule has 112 valence electrons. The molecule has 1 aromatic carbocycles. The molecule has 1 nitrogen and oxygen atoms in total. The average Bonchev–Trinajstić information content (AvgIpc) is 2.17. The Hall–Kier alpha value is -0.600. The Morgan fingerprint density at radius 1 is 1.10 bits per heavy atom. The maximum atomic E-state index is 13.5. The van der Waals surface area contributed by atoms with Gasteiger partial charge in [0.1, 0.15) is 5.82 Å². The molecule has 0 bridgehead atoms. The largest absolute Gasteiger partial charge is 0.390 e. The summed E-state index contributed by atoms with van der Waals surface area (Å²) < 4.78 is 13.5. The number of halogens is 2. The minimum absolute atomic E-state index is 0.0987. The van der Waals surface area contributed by atoms with Gasteiger partial charge in [-0.25, -0.2) is 4.39 Å². The summed E-state index contributed by atoms with van der Waals surface area (Å²) in [6.07, 6.45) is 3.06. The fourth-order valence-corrected chi connectivity index (χ4v) is 4.54. The third-order valence-electron chi connectivity index (χ3n) is 4.09. The molecule has 1 fully saturated rings. The molecule has 1 N–H and O–H groups in total. The topological polar surface area (TPSA) is 20.2 Å². The van der Waals surface area contributed by atoms with Crippen molar-refractivity contribution in [2.45, 2.75) is 59.0 Å². The van der Waals surface area contributed by atoms with Crippen LogP contribution in [-0.4, -0.2) is 10.7 Å². The van der Waals surface area contributed by atoms with Crippen LogP contribution in [0, 0.1) is 16.6 Å². The van der Waals surface area contributed by atoms with Crippen LogP contribution in [0.3, 0.4) is 0 Å². The summed E-state index contributed by atoms with van der Waals surface area (Å²) in [6.45, 7) is 8.78. The highest BCUT2D eigenvalue weighted by atomic mass is 35.5. The molecule has 2 rings (SSSR count). The van der Waals surface area contributed by atoms with Gasteiger partial charge in [-0.05, 0) is 47.8 Å². The Kier molecular flexibility index (Phi) is 3.94. The van der Waals surface area contributed by atoms with Gasteiger partial charge in [-0.15, -0.1) is 0 Å². The first-order chi connectivity index (χ1) is 9.00. The van der Waals surface area contributed by atoms with Crippen molar-refractivity contribution in [3.05, 3.63) is 34.6 Å². The van der Waals surface area contributed by atoms with Gasteiger partial charge in [0.05, 0.1) is 10.6 Å². The molecule has 3 heteroatoms. The van der Waals surface area contributed by atoms with Crippen molar-refractivity contribution in [1.29, 1.82) is 0 Å². The highest BCUT2D eigenvalue weighted by molar-refractivity contribution is 6.30. The Bertz CT molecular complexity index is 492. The zero-order valence-corrected chi connectivity index (χ0v) is 13.5. The van der Waals surface area contributed by atoms with E-state index in [1.165, 1.54) is 6.07 Å². The zero-order chi connectivity index (χ0) is 15.2. The van der Waals surface area contributed by atoms with Crippen LogP contribution in [0.2, 0.25) is 5.02 Å². The normalized spacial score (nSPS) is 23.6. The summed E-state index contributed by atoms with van der Waals surface area (Å²) >= 11 is 5.71. The summed E-state index contributed by atoms with van der Waals surface area (Å²) in [5.74, 6) is -0.415. The minimum Gasteiger partial charge on any atom is -0.390 e. The molecule has 1 aliphatic rings. The molecule has 0 saturated heterocycles. The van der Waals surface area contributed by atoms with E-state index < -0.39 is 11.4 Å². The standard InChI is InChI=1S/C17H24ClFO/c1-15(2)9-16(3,4)11-17(20,10-15)8-12-5-6-13(18)14(19)7-12/h5-7,20H,8-11H2,1-4H3. The molecule has 1 aliphatic carbocycles. The smallest absolute Gasteiger partial charge is 0.142 e. The van der Waals surface area contributed by atoms with Crippen molar-refractivity contribution in [3.63, 3.8) is 0 Å². The van der Waals surface area contributed by atoms with Crippen molar-refractivity contribution in [2.24, 2.45) is 10.8 Å². The quantitative estimate of drug-likeness (QED) is 0.815. The number of aliphatic hydroxyl groups is 1. The summed E-state index contributed by atoms with van der Waals surface area (Å²) in [4.78, 5) is 0. The van der Waals surface area contributed by atoms with Gasteiger partial charge < -0.3 is 5.11 Å². The van der Waals surface area contributed by atoms with Crippen molar-refractivity contribution in [1.82, 2.24) is 0 Å². The van der Waals surface area contributed by atoms with Crippen LogP contribution in [0.15, 0.2) is 18.2 Å². The van der Waals surface area contributed by atoms with E-state index in [1.807, 2.05) is 0 Å². The molecule has 0 heterocycles. The van der Waals surface area contributed by atoms with E-state index in [4.69, 9.17) is 11.6 Å². The molecule has 0 radical (unpaired) electrons. The molecule has 20 heavy (non-hydrogen) atoms. The van der Waals surface area contributed by atoms with Gasteiger partial charge in [0.25, 0.3) is 0 Å². The fraction of sp³-hybridized carbons (Fsp3) is 0.647. The van der Waals surface area contributed by atoms with E-state index >= 15 is 0 Å². The first-order valence-corrected chi connectivity index (χ1v) is 7.55. The van der Waals surface area contributed by atoms with Crippen LogP contribution in [0.5, 0.6) is 0 Å². The van der Waals surface area contributed by atoms with E-state index in [0.29, 0.717) is 6.42 Å². The SMILES string of the molecule is CC1(C)CC(C)(C)CC(O)(Cc2ccc(Cl)c(F)c2)C1. The lowest BCUT2D eigenvalue weighted by atomic mass is 9.58. The summed E-state index contributed by atoms with van der Waals surface area (Å²) in [7, 11) is 0. The molecular formula is C17H24ClFO. The summed E-state index contributed by atoms with van der Waals surface area (Å²) in [5, 5.41) is 11.1. The molecule has 0 atom stereocenters. The number of benzene rings is 1. The predicted octanol–water partition coefficient (Wildman–Crippen LogP) is 4.99. The first-order valence-electron chi connectivity index (χ1n) is 7.17. The van der Waals surface area contributed by atoms with Gasteiger partial charge in [-0.1, -0.05) is 45.4 Å². The van der Waals surface area contributed by atoms with Crippen LogP contribution in [0.1, 0.15) is 52.5 Å². The molecule has 0 unspecified atom stereocenters. The highest BCUT2D eigenvalue weighted by Gasteiger charge is 2.46. The second kappa shape index (κ2) is 4.99. The second-order valence-corrected chi connectivity index (χ2v) is 8.42. The molecule has 1 aromatic rings. The Balaban J connectivity index is 2.23. The van der Waals surface area contributed by atoms with Crippen molar-refractivity contribution < 1.29 is 9.50 Å². The predicted molar refractivity (Wildman–Crippen MR) is 81.5 cm³/mol. The monoisotopic (exact) mass is 298 g/mol. The van der Waals surface area contributed by atoms with Gasteiger partial charge >= 0.3 is 0 Å². The fourth-order valence-electron chi connectivity index (χ4n) is 4.42. The number of hydrogen-bond acceptors (Lipinski definition) is 1. The molecule has 0 spiro atoms. The Morgan fingerprint density at radius 2 is 1.65 bits per heavy atom. The Morgan fingerprint density at radius 3 is 2.15 bits per heavy atom. The van der Waals surface area contributed by atoms with Crippen LogP contribution in [0.25, 0.3) is 0 Å². The number of hydrogen-bond donors (Lipinski definition) is 1. The highest BCUT2D eigenvalue weighted by Crippen LogP contribution is 2.51. The molecular weight excluding hydrogens is 275 g/mol. The minimum atomic E-state index is -0.772. The van der Waals surface area contributed by atoms with Crippen LogP contribution in [-0.2, 0) is 6.42 Å². The van der Waals surface area contributed by atoms with E-state index in [2.05, 4.69) is 27.7 Å². The Labute approximate surface area is 126 Å². The second-order valence-electron chi connectivity index (χ2n) is 8.01. The lowest BCUT2D eigenvalue weighted by Gasteiger charge is -2.49. The van der Waals surface area contributed by atoms with E-state index in [0.717, 1.165) is 24.8 Å². The maximum absolute atomic E-state index is 13.5. The van der Waals surface area contributed by atoms with Gasteiger partial charge in [-0.3, -0.25) is 0 Å². The average molecular weight is 299 g/mol. The van der Waals surface area contributed by atoms with E-state index in [9.17, 15) is 9.50 Å². The third kappa shape index (κ3) is 3.73.